The lowest BCUT2D eigenvalue weighted by molar-refractivity contribution is -0.124. The maximum absolute atomic E-state index is 9.29. The molecule has 0 aromatic carbocycles. The molecule has 1 rings (SSSR count). The SMILES string of the molecule is C=CC#CC1CCCCN1O. The Morgan fingerprint density at radius 2 is 2.36 bits per heavy atom. The fourth-order valence-corrected chi connectivity index (χ4v) is 1.22. The van der Waals surface area contributed by atoms with Crippen molar-refractivity contribution in [3.8, 4) is 11.8 Å². The number of nitrogens with zero attached hydrogens (tertiary/aromatic N) is 1. The van der Waals surface area contributed by atoms with Crippen LogP contribution in [0.3, 0.4) is 0 Å². The minimum absolute atomic E-state index is 0.0294. The Hall–Kier alpha value is -0.780. The van der Waals surface area contributed by atoms with Crippen LogP contribution in [0.25, 0.3) is 0 Å². The molecule has 1 heterocycles. The highest BCUT2D eigenvalue weighted by Gasteiger charge is 2.17. The number of piperidine rings is 1. The molecule has 0 aliphatic carbocycles. The Kier molecular flexibility index (Phi) is 3.15. The van der Waals surface area contributed by atoms with Gasteiger partial charge in [-0.05, 0) is 25.3 Å². The summed E-state index contributed by atoms with van der Waals surface area (Å²) in [5, 5.41) is 10.6. The Bertz CT molecular complexity index is 189. The molecule has 0 bridgehead atoms. The van der Waals surface area contributed by atoms with Gasteiger partial charge < -0.3 is 5.21 Å². The van der Waals surface area contributed by atoms with Crippen molar-refractivity contribution in [1.82, 2.24) is 5.06 Å². The van der Waals surface area contributed by atoms with Gasteiger partial charge in [-0.25, -0.2) is 0 Å². The van der Waals surface area contributed by atoms with Crippen LogP contribution in [-0.2, 0) is 0 Å². The average Bonchev–Trinajstić information content (AvgIpc) is 2.03. The van der Waals surface area contributed by atoms with Crippen molar-refractivity contribution in [1.29, 1.82) is 0 Å². The molecule has 1 aliphatic heterocycles. The first-order chi connectivity index (χ1) is 5.34. The summed E-state index contributed by atoms with van der Waals surface area (Å²) >= 11 is 0. The Balaban J connectivity index is 2.47. The summed E-state index contributed by atoms with van der Waals surface area (Å²) in [7, 11) is 0. The van der Waals surface area contributed by atoms with E-state index in [4.69, 9.17) is 0 Å². The molecule has 0 aromatic heterocycles. The molecule has 2 heteroatoms. The van der Waals surface area contributed by atoms with Gasteiger partial charge in [-0.3, -0.25) is 0 Å². The smallest absolute Gasteiger partial charge is 0.0959 e. The first kappa shape index (κ1) is 8.32. The van der Waals surface area contributed by atoms with E-state index in [9.17, 15) is 5.21 Å². The van der Waals surface area contributed by atoms with E-state index >= 15 is 0 Å². The van der Waals surface area contributed by atoms with Gasteiger partial charge in [0.2, 0.25) is 0 Å². The molecular formula is C9H13NO. The van der Waals surface area contributed by atoms with E-state index in [1.165, 1.54) is 5.06 Å². The maximum atomic E-state index is 9.29. The minimum Gasteiger partial charge on any atom is -0.313 e. The second-order valence-corrected chi connectivity index (χ2v) is 2.67. The molecule has 1 aliphatic rings. The van der Waals surface area contributed by atoms with E-state index in [-0.39, 0.29) is 6.04 Å². The number of allylic oxidation sites excluding steroid dienone is 1. The fraction of sp³-hybridized carbons (Fsp3) is 0.556. The summed E-state index contributed by atoms with van der Waals surface area (Å²) in [5.41, 5.74) is 0. The quantitative estimate of drug-likeness (QED) is 0.529. The average molecular weight is 151 g/mol. The first-order valence-electron chi connectivity index (χ1n) is 3.92. The molecule has 0 spiro atoms. The predicted molar refractivity (Wildman–Crippen MR) is 44.1 cm³/mol. The Morgan fingerprint density at radius 3 is 3.00 bits per heavy atom. The van der Waals surface area contributed by atoms with E-state index in [0.717, 1.165) is 25.8 Å². The van der Waals surface area contributed by atoms with E-state index in [2.05, 4.69) is 18.4 Å². The third kappa shape index (κ3) is 2.38. The van der Waals surface area contributed by atoms with Crippen LogP contribution in [0.5, 0.6) is 0 Å². The van der Waals surface area contributed by atoms with Gasteiger partial charge >= 0.3 is 0 Å². The summed E-state index contributed by atoms with van der Waals surface area (Å²) in [5.74, 6) is 5.69. The lowest BCUT2D eigenvalue weighted by atomic mass is 10.1. The highest BCUT2D eigenvalue weighted by Crippen LogP contribution is 2.13. The van der Waals surface area contributed by atoms with Gasteiger partial charge in [-0.2, -0.15) is 5.06 Å². The monoisotopic (exact) mass is 151 g/mol. The Morgan fingerprint density at radius 1 is 1.55 bits per heavy atom. The predicted octanol–water partition coefficient (Wildman–Crippen LogP) is 1.42. The largest absolute Gasteiger partial charge is 0.313 e. The molecule has 60 valence electrons. The van der Waals surface area contributed by atoms with Crippen LogP contribution in [0, 0.1) is 11.8 Å². The van der Waals surface area contributed by atoms with E-state index in [1.54, 1.807) is 6.08 Å². The van der Waals surface area contributed by atoms with Crippen LogP contribution in [0.2, 0.25) is 0 Å². The van der Waals surface area contributed by atoms with E-state index in [1.807, 2.05) is 0 Å². The zero-order valence-electron chi connectivity index (χ0n) is 6.58. The number of hydrogen-bond acceptors (Lipinski definition) is 2. The minimum atomic E-state index is 0.0294. The van der Waals surface area contributed by atoms with Gasteiger partial charge in [0.25, 0.3) is 0 Å². The van der Waals surface area contributed by atoms with E-state index < -0.39 is 0 Å². The lowest BCUT2D eigenvalue weighted by Crippen LogP contribution is -2.35. The molecule has 1 fully saturated rings. The van der Waals surface area contributed by atoms with Crippen molar-refractivity contribution in [2.75, 3.05) is 6.54 Å². The summed E-state index contributed by atoms with van der Waals surface area (Å²) < 4.78 is 0. The second kappa shape index (κ2) is 4.17. The van der Waals surface area contributed by atoms with Crippen LogP contribution < -0.4 is 0 Å². The molecule has 0 radical (unpaired) electrons. The summed E-state index contributed by atoms with van der Waals surface area (Å²) in [6.45, 7) is 4.24. The Labute approximate surface area is 67.5 Å². The summed E-state index contributed by atoms with van der Waals surface area (Å²) in [6, 6.07) is 0.0294. The molecule has 1 atom stereocenters. The second-order valence-electron chi connectivity index (χ2n) is 2.67. The fourth-order valence-electron chi connectivity index (χ4n) is 1.22. The number of hydrogen-bond donors (Lipinski definition) is 1. The zero-order valence-corrected chi connectivity index (χ0v) is 6.58. The molecule has 11 heavy (non-hydrogen) atoms. The molecule has 1 saturated heterocycles. The lowest BCUT2D eigenvalue weighted by Gasteiger charge is -2.26. The highest BCUT2D eigenvalue weighted by atomic mass is 16.5. The van der Waals surface area contributed by atoms with Crippen LogP contribution >= 0.6 is 0 Å². The molecular weight excluding hydrogens is 138 g/mol. The van der Waals surface area contributed by atoms with Crippen molar-refractivity contribution in [3.05, 3.63) is 12.7 Å². The first-order valence-corrected chi connectivity index (χ1v) is 3.92. The molecule has 0 saturated carbocycles. The highest BCUT2D eigenvalue weighted by molar-refractivity contribution is 5.16. The maximum Gasteiger partial charge on any atom is 0.0959 e. The molecule has 1 unspecified atom stereocenters. The van der Waals surface area contributed by atoms with Gasteiger partial charge in [0.1, 0.15) is 0 Å². The van der Waals surface area contributed by atoms with Crippen LogP contribution in [0.4, 0.5) is 0 Å². The van der Waals surface area contributed by atoms with E-state index in [0.29, 0.717) is 0 Å². The normalized spacial score (nSPS) is 25.4. The third-order valence-electron chi connectivity index (χ3n) is 1.83. The van der Waals surface area contributed by atoms with Crippen molar-refractivity contribution in [3.63, 3.8) is 0 Å². The number of hydroxylamine groups is 2. The van der Waals surface area contributed by atoms with Gasteiger partial charge in [0.05, 0.1) is 6.04 Å². The molecule has 0 amide bonds. The number of rotatable bonds is 0. The third-order valence-corrected chi connectivity index (χ3v) is 1.83. The summed E-state index contributed by atoms with van der Waals surface area (Å²) in [6.07, 6.45) is 4.76. The van der Waals surface area contributed by atoms with Gasteiger partial charge in [-0.15, -0.1) is 0 Å². The topological polar surface area (TPSA) is 23.5 Å². The standard InChI is InChI=1S/C9H13NO/c1-2-3-6-9-7-4-5-8-10(9)11/h2,9,11H,1,4-5,7-8H2. The van der Waals surface area contributed by atoms with Gasteiger partial charge in [0, 0.05) is 6.54 Å². The van der Waals surface area contributed by atoms with Crippen molar-refractivity contribution in [2.24, 2.45) is 0 Å². The molecule has 0 aromatic rings. The zero-order chi connectivity index (χ0) is 8.10. The van der Waals surface area contributed by atoms with Crippen molar-refractivity contribution >= 4 is 0 Å². The van der Waals surface area contributed by atoms with Crippen molar-refractivity contribution < 1.29 is 5.21 Å². The van der Waals surface area contributed by atoms with Crippen LogP contribution in [-0.4, -0.2) is 22.9 Å². The van der Waals surface area contributed by atoms with Gasteiger partial charge in [0.15, 0.2) is 0 Å². The summed E-state index contributed by atoms with van der Waals surface area (Å²) in [4.78, 5) is 0. The molecule has 1 N–H and O–H groups in total. The molecule has 2 nitrogen and oxygen atoms in total. The van der Waals surface area contributed by atoms with Crippen LogP contribution in [0.1, 0.15) is 19.3 Å². The van der Waals surface area contributed by atoms with Crippen LogP contribution in [0.15, 0.2) is 12.7 Å². The van der Waals surface area contributed by atoms with Crippen molar-refractivity contribution in [2.45, 2.75) is 25.3 Å². The van der Waals surface area contributed by atoms with Gasteiger partial charge in [-0.1, -0.05) is 18.4 Å².